The zero-order chi connectivity index (χ0) is 15.9. The van der Waals surface area contributed by atoms with Crippen LogP contribution < -0.4 is 0 Å². The second kappa shape index (κ2) is 5.65. The first-order valence-electron chi connectivity index (χ1n) is 8.85. The van der Waals surface area contributed by atoms with Gasteiger partial charge in [0.25, 0.3) is 0 Å². The van der Waals surface area contributed by atoms with Crippen LogP contribution in [0.2, 0.25) is 0 Å². The highest BCUT2D eigenvalue weighted by Crippen LogP contribution is 2.38. The van der Waals surface area contributed by atoms with Gasteiger partial charge in [-0.25, -0.2) is 0 Å². The van der Waals surface area contributed by atoms with Crippen LogP contribution in [0.25, 0.3) is 5.57 Å². The fourth-order valence-electron chi connectivity index (χ4n) is 4.12. The highest BCUT2D eigenvalue weighted by molar-refractivity contribution is 5.86. The van der Waals surface area contributed by atoms with E-state index in [4.69, 9.17) is 0 Å². The summed E-state index contributed by atoms with van der Waals surface area (Å²) >= 11 is 0. The molecule has 0 aromatic heterocycles. The summed E-state index contributed by atoms with van der Waals surface area (Å²) in [4.78, 5) is 0. The normalized spacial score (nSPS) is 19.7. The zero-order valence-corrected chi connectivity index (χ0v) is 14.3. The summed E-state index contributed by atoms with van der Waals surface area (Å²) in [6.45, 7) is 2.51. The molecule has 1 nitrogen and oxygen atoms in total. The third kappa shape index (κ3) is 2.74. The Kier molecular flexibility index (Phi) is 3.61. The molecule has 1 heteroatoms. The third-order valence-electron chi connectivity index (χ3n) is 5.63. The van der Waals surface area contributed by atoms with Gasteiger partial charge >= 0.3 is 0 Å². The van der Waals surface area contributed by atoms with Gasteiger partial charge in [0.15, 0.2) is 0 Å². The Bertz CT molecular complexity index is 706. The number of hydrogen-bond donors (Lipinski definition) is 0. The van der Waals surface area contributed by atoms with Crippen molar-refractivity contribution in [2.75, 3.05) is 27.2 Å². The molecule has 23 heavy (non-hydrogen) atoms. The average Bonchev–Trinajstić information content (AvgIpc) is 2.72. The maximum Gasteiger partial charge on any atom is 0.0820 e. The highest BCUT2D eigenvalue weighted by Gasteiger charge is 2.27. The Balaban J connectivity index is 1.91. The Morgan fingerprint density at radius 1 is 0.652 bits per heavy atom. The van der Waals surface area contributed by atoms with E-state index in [9.17, 15) is 0 Å². The Hall–Kier alpha value is -1.86. The highest BCUT2D eigenvalue weighted by atomic mass is 15.3. The van der Waals surface area contributed by atoms with Crippen molar-refractivity contribution < 1.29 is 4.48 Å². The van der Waals surface area contributed by atoms with Crippen molar-refractivity contribution in [1.82, 2.24) is 0 Å². The first kappa shape index (κ1) is 14.7. The summed E-state index contributed by atoms with van der Waals surface area (Å²) in [6, 6.07) is 18.1. The molecule has 2 aromatic rings. The molecule has 1 heterocycles. The molecule has 0 unspecified atom stereocenters. The fourth-order valence-corrected chi connectivity index (χ4v) is 4.12. The van der Waals surface area contributed by atoms with Crippen LogP contribution in [0, 0.1) is 0 Å². The molecular weight excluding hydrogens is 278 g/mol. The number of fused-ring (bicyclic) bond motifs is 2. The number of benzene rings is 2. The van der Waals surface area contributed by atoms with E-state index in [-0.39, 0.29) is 0 Å². The van der Waals surface area contributed by atoms with Gasteiger partial charge in [-0.1, -0.05) is 54.1 Å². The van der Waals surface area contributed by atoms with E-state index >= 15 is 0 Å². The molecule has 0 atom stereocenters. The number of rotatable bonds is 0. The van der Waals surface area contributed by atoms with Crippen molar-refractivity contribution >= 4 is 5.57 Å². The summed E-state index contributed by atoms with van der Waals surface area (Å²) < 4.78 is 1.15. The first-order chi connectivity index (χ1) is 11.1. The van der Waals surface area contributed by atoms with Gasteiger partial charge in [0.05, 0.1) is 27.2 Å². The minimum absolute atomic E-state index is 1.15. The second-order valence-corrected chi connectivity index (χ2v) is 7.68. The first-order valence-corrected chi connectivity index (χ1v) is 8.85. The molecule has 1 aliphatic heterocycles. The predicted molar refractivity (Wildman–Crippen MR) is 97.4 cm³/mol. The molecule has 118 valence electrons. The van der Waals surface area contributed by atoms with Gasteiger partial charge < -0.3 is 4.48 Å². The predicted octanol–water partition coefficient (Wildman–Crippen LogP) is 4.46. The lowest BCUT2D eigenvalue weighted by molar-refractivity contribution is -0.892. The Labute approximate surface area is 139 Å². The molecule has 0 N–H and O–H groups in total. The van der Waals surface area contributed by atoms with Crippen LogP contribution >= 0.6 is 0 Å². The van der Waals surface area contributed by atoms with Crippen molar-refractivity contribution in [3.63, 3.8) is 0 Å². The topological polar surface area (TPSA) is 0 Å². The summed E-state index contributed by atoms with van der Waals surface area (Å²) in [7, 11) is 4.72. The molecule has 0 amide bonds. The smallest absolute Gasteiger partial charge is 0.0820 e. The molecule has 0 radical (unpaired) electrons. The van der Waals surface area contributed by atoms with Crippen molar-refractivity contribution in [3.05, 3.63) is 76.4 Å². The van der Waals surface area contributed by atoms with Crippen molar-refractivity contribution in [3.8, 4) is 0 Å². The Morgan fingerprint density at radius 2 is 1.13 bits per heavy atom. The maximum atomic E-state index is 2.36. The number of nitrogens with zero attached hydrogens (tertiary/aromatic N) is 1. The van der Waals surface area contributed by atoms with E-state index < -0.39 is 0 Å². The molecular formula is C22H26N+. The second-order valence-electron chi connectivity index (χ2n) is 7.68. The van der Waals surface area contributed by atoms with Gasteiger partial charge in [0.2, 0.25) is 0 Å². The monoisotopic (exact) mass is 304 g/mol. The standard InChI is InChI=1S/C22H26N/c1-23(2)15-13-19(14-16-23)22-20-9-5-3-7-17(20)11-12-18-8-4-6-10-21(18)22/h3-10H,11-16H2,1-2H3/q+1. The lowest BCUT2D eigenvalue weighted by Gasteiger charge is -2.35. The molecule has 1 fully saturated rings. The molecule has 0 bridgehead atoms. The van der Waals surface area contributed by atoms with E-state index in [1.165, 1.54) is 48.2 Å². The summed E-state index contributed by atoms with van der Waals surface area (Å²) in [6.07, 6.45) is 4.77. The van der Waals surface area contributed by atoms with Crippen molar-refractivity contribution in [2.45, 2.75) is 25.7 Å². The number of quaternary nitrogens is 1. The zero-order valence-electron chi connectivity index (χ0n) is 14.3. The van der Waals surface area contributed by atoms with Crippen molar-refractivity contribution in [1.29, 1.82) is 0 Å². The van der Waals surface area contributed by atoms with Gasteiger partial charge in [-0.05, 0) is 40.7 Å². The minimum atomic E-state index is 1.15. The maximum absolute atomic E-state index is 2.36. The van der Waals surface area contributed by atoms with Gasteiger partial charge in [0, 0.05) is 12.8 Å². The average molecular weight is 304 g/mol. The van der Waals surface area contributed by atoms with E-state index in [1.807, 2.05) is 0 Å². The van der Waals surface area contributed by atoms with Gasteiger partial charge in [-0.2, -0.15) is 0 Å². The van der Waals surface area contributed by atoms with E-state index in [0.29, 0.717) is 0 Å². The number of likely N-dealkylation sites (tertiary alicyclic amines) is 1. The molecule has 0 saturated carbocycles. The van der Waals surface area contributed by atoms with Crippen molar-refractivity contribution in [2.24, 2.45) is 0 Å². The third-order valence-corrected chi connectivity index (χ3v) is 5.63. The molecule has 0 spiro atoms. The van der Waals surface area contributed by atoms with E-state index in [2.05, 4.69) is 62.6 Å². The fraction of sp³-hybridized carbons (Fsp3) is 0.364. The van der Waals surface area contributed by atoms with E-state index in [1.54, 1.807) is 11.1 Å². The molecule has 1 aliphatic carbocycles. The number of hydrogen-bond acceptors (Lipinski definition) is 0. The quantitative estimate of drug-likeness (QED) is 0.631. The molecule has 4 rings (SSSR count). The Morgan fingerprint density at radius 3 is 1.65 bits per heavy atom. The van der Waals surface area contributed by atoms with Gasteiger partial charge in [-0.3, -0.25) is 0 Å². The van der Waals surface area contributed by atoms with Crippen LogP contribution in [-0.4, -0.2) is 31.7 Å². The number of aryl methyl sites for hydroxylation is 2. The largest absolute Gasteiger partial charge is 0.328 e. The summed E-state index contributed by atoms with van der Waals surface area (Å²) in [5, 5.41) is 0. The lowest BCUT2D eigenvalue weighted by Crippen LogP contribution is -2.44. The number of piperidine rings is 1. The van der Waals surface area contributed by atoms with Gasteiger partial charge in [0.1, 0.15) is 0 Å². The summed E-state index contributed by atoms with van der Waals surface area (Å²) in [5.74, 6) is 0. The molecule has 2 aliphatic rings. The SMILES string of the molecule is C[N+]1(C)CCC(=C2c3ccccc3CCc3ccccc32)CC1. The van der Waals surface area contributed by atoms with Crippen LogP contribution in [0.4, 0.5) is 0 Å². The minimum Gasteiger partial charge on any atom is -0.328 e. The van der Waals surface area contributed by atoms with Crippen LogP contribution in [0.5, 0.6) is 0 Å². The van der Waals surface area contributed by atoms with Crippen LogP contribution in [0.1, 0.15) is 35.1 Å². The summed E-state index contributed by atoms with van der Waals surface area (Å²) in [5.41, 5.74) is 9.23. The van der Waals surface area contributed by atoms with Crippen LogP contribution in [0.3, 0.4) is 0 Å². The molecule has 2 aromatic carbocycles. The lowest BCUT2D eigenvalue weighted by atomic mass is 9.86. The van der Waals surface area contributed by atoms with Crippen LogP contribution in [0.15, 0.2) is 54.1 Å². The molecule has 1 saturated heterocycles. The van der Waals surface area contributed by atoms with Crippen LogP contribution in [-0.2, 0) is 12.8 Å². The van der Waals surface area contributed by atoms with Gasteiger partial charge in [-0.15, -0.1) is 0 Å². The van der Waals surface area contributed by atoms with E-state index in [0.717, 1.165) is 17.3 Å².